The van der Waals surface area contributed by atoms with Crippen LogP contribution in [0.15, 0.2) is 24.3 Å². The van der Waals surface area contributed by atoms with Gasteiger partial charge in [-0.1, -0.05) is 33.4 Å². The van der Waals surface area contributed by atoms with Crippen molar-refractivity contribution in [1.82, 2.24) is 5.32 Å². The Kier molecular flexibility index (Phi) is 9.27. The summed E-state index contributed by atoms with van der Waals surface area (Å²) in [4.78, 5) is 24.1. The van der Waals surface area contributed by atoms with Crippen molar-refractivity contribution in [2.24, 2.45) is 5.92 Å². The van der Waals surface area contributed by atoms with Crippen molar-refractivity contribution in [2.45, 2.75) is 65.2 Å². The summed E-state index contributed by atoms with van der Waals surface area (Å²) >= 11 is 0. The third kappa shape index (κ3) is 6.53. The molecule has 0 heterocycles. The largest absolute Gasteiger partial charge is 0.463 e. The van der Waals surface area contributed by atoms with Gasteiger partial charge in [0.1, 0.15) is 6.61 Å². The summed E-state index contributed by atoms with van der Waals surface area (Å²) in [7, 11) is 0. The molecule has 1 aliphatic carbocycles. The van der Waals surface area contributed by atoms with E-state index in [9.17, 15) is 9.59 Å². The van der Waals surface area contributed by atoms with Gasteiger partial charge in [-0.3, -0.25) is 0 Å². The van der Waals surface area contributed by atoms with Gasteiger partial charge in [-0.25, -0.2) is 9.59 Å². The van der Waals surface area contributed by atoms with Gasteiger partial charge in [0.05, 0.1) is 18.8 Å². The number of alkyl carbamates (subject to hydrolysis) is 1. The van der Waals surface area contributed by atoms with Gasteiger partial charge in [-0.15, -0.1) is 0 Å². The highest BCUT2D eigenvalue weighted by molar-refractivity contribution is 5.89. The monoisotopic (exact) mass is 353 g/mol. The van der Waals surface area contributed by atoms with Crippen LogP contribution < -0.4 is 5.32 Å². The number of carbonyl (C=O) groups is 2. The zero-order valence-electron chi connectivity index (χ0n) is 15.7. The van der Waals surface area contributed by atoms with Gasteiger partial charge in [0.2, 0.25) is 0 Å². The molecule has 6 heteroatoms. The first-order chi connectivity index (χ1) is 12.0. The average Bonchev–Trinajstić information content (AvgIpc) is 2.60. The summed E-state index contributed by atoms with van der Waals surface area (Å²) in [5.41, 5.74) is 0.532. The van der Waals surface area contributed by atoms with E-state index >= 15 is 0 Å². The molecule has 0 unspecified atom stereocenters. The lowest BCUT2D eigenvalue weighted by molar-refractivity contribution is -0.139. The van der Waals surface area contributed by atoms with E-state index in [-0.39, 0.29) is 36.7 Å². The van der Waals surface area contributed by atoms with Crippen molar-refractivity contribution in [3.8, 4) is 0 Å². The minimum absolute atomic E-state index is 0.00931. The summed E-state index contributed by atoms with van der Waals surface area (Å²) in [6.07, 6.45) is 4.85. The van der Waals surface area contributed by atoms with E-state index in [1.807, 2.05) is 13.0 Å². The smallest absolute Gasteiger partial charge is 0.407 e. The number of ether oxygens (including phenoxy) is 3. The van der Waals surface area contributed by atoms with Gasteiger partial charge in [0.15, 0.2) is 0 Å². The van der Waals surface area contributed by atoms with Gasteiger partial charge in [-0.05, 0) is 25.8 Å². The van der Waals surface area contributed by atoms with E-state index in [0.717, 1.165) is 12.8 Å². The van der Waals surface area contributed by atoms with Gasteiger partial charge >= 0.3 is 12.1 Å². The third-order valence-electron chi connectivity index (χ3n) is 4.39. The number of rotatable bonds is 9. The molecule has 1 amide bonds. The van der Waals surface area contributed by atoms with Crippen molar-refractivity contribution >= 4 is 12.1 Å². The molecule has 142 valence electrons. The highest BCUT2D eigenvalue weighted by Crippen LogP contribution is 2.29. The molecule has 1 rings (SSSR count). The van der Waals surface area contributed by atoms with Crippen LogP contribution in [0.2, 0.25) is 0 Å². The SMILES string of the molecule is C=CCOC(=O)N[C@H]1CC(C(=O)OCC)=C[C@@H](OC(CC)CC)[C@@H]1C. The molecule has 0 radical (unpaired) electrons. The molecule has 0 aliphatic heterocycles. The van der Waals surface area contributed by atoms with E-state index in [4.69, 9.17) is 14.2 Å². The maximum absolute atomic E-state index is 12.2. The number of amides is 1. The Hall–Kier alpha value is -1.82. The second-order valence-electron chi connectivity index (χ2n) is 6.15. The lowest BCUT2D eigenvalue weighted by Crippen LogP contribution is -2.48. The Morgan fingerprint density at radius 1 is 1.32 bits per heavy atom. The summed E-state index contributed by atoms with van der Waals surface area (Å²) in [6.45, 7) is 11.9. The maximum atomic E-state index is 12.2. The highest BCUT2D eigenvalue weighted by Gasteiger charge is 2.35. The zero-order valence-corrected chi connectivity index (χ0v) is 15.7. The average molecular weight is 353 g/mol. The van der Waals surface area contributed by atoms with Gasteiger partial charge in [-0.2, -0.15) is 0 Å². The van der Waals surface area contributed by atoms with Crippen LogP contribution >= 0.6 is 0 Å². The zero-order chi connectivity index (χ0) is 18.8. The first-order valence-electron chi connectivity index (χ1n) is 9.04. The van der Waals surface area contributed by atoms with Crippen molar-refractivity contribution in [1.29, 1.82) is 0 Å². The first-order valence-corrected chi connectivity index (χ1v) is 9.04. The molecule has 6 nitrogen and oxygen atoms in total. The molecule has 1 aliphatic rings. The predicted molar refractivity (Wildman–Crippen MR) is 96.2 cm³/mol. The molecule has 0 aromatic rings. The molecule has 25 heavy (non-hydrogen) atoms. The summed E-state index contributed by atoms with van der Waals surface area (Å²) in [5, 5.41) is 2.83. The van der Waals surface area contributed by atoms with Crippen LogP contribution in [0.4, 0.5) is 4.79 Å². The Morgan fingerprint density at radius 2 is 2.00 bits per heavy atom. The molecule has 0 aromatic heterocycles. The number of hydrogen-bond donors (Lipinski definition) is 1. The molecular weight excluding hydrogens is 322 g/mol. The summed E-state index contributed by atoms with van der Waals surface area (Å²) in [6, 6.07) is -0.263. The Balaban J connectivity index is 2.92. The van der Waals surface area contributed by atoms with Gasteiger partial charge in [0.25, 0.3) is 0 Å². The quantitative estimate of drug-likeness (QED) is 0.508. The lowest BCUT2D eigenvalue weighted by Gasteiger charge is -2.36. The normalized spacial score (nSPS) is 22.9. The summed E-state index contributed by atoms with van der Waals surface area (Å²) in [5.74, 6) is -0.353. The fraction of sp³-hybridized carbons (Fsp3) is 0.684. The predicted octanol–water partition coefficient (Wildman–Crippen LogP) is 3.37. The standard InChI is InChI=1S/C19H31NO5/c1-6-10-24-19(22)20-16-11-14(18(21)23-9-4)12-17(13(16)5)25-15(7-2)8-3/h6,12-13,15-17H,1,7-11H2,2-5H3,(H,20,22)/t13-,16+,17-/m1/s1. The minimum atomic E-state index is -0.525. The fourth-order valence-electron chi connectivity index (χ4n) is 2.82. The molecule has 3 atom stereocenters. The third-order valence-corrected chi connectivity index (χ3v) is 4.39. The van der Waals surface area contributed by atoms with Crippen LogP contribution in [0, 0.1) is 5.92 Å². The summed E-state index contributed by atoms with van der Waals surface area (Å²) < 4.78 is 16.3. The van der Waals surface area contributed by atoms with Crippen LogP contribution in [0.25, 0.3) is 0 Å². The number of esters is 1. The van der Waals surface area contributed by atoms with Crippen molar-refractivity contribution in [2.75, 3.05) is 13.2 Å². The van der Waals surface area contributed by atoms with E-state index in [0.29, 0.717) is 18.6 Å². The van der Waals surface area contributed by atoms with E-state index in [1.165, 1.54) is 6.08 Å². The number of carbonyl (C=O) groups excluding carboxylic acids is 2. The van der Waals surface area contributed by atoms with E-state index in [1.54, 1.807) is 6.92 Å². The molecule has 0 fully saturated rings. The van der Waals surface area contributed by atoms with Crippen LogP contribution in [-0.4, -0.2) is 43.5 Å². The molecule has 0 saturated heterocycles. The van der Waals surface area contributed by atoms with Crippen LogP contribution in [0.1, 0.15) is 47.0 Å². The number of nitrogens with one attached hydrogen (secondary N) is 1. The van der Waals surface area contributed by atoms with Crippen LogP contribution in [-0.2, 0) is 19.0 Å². The Labute approximate surface area is 150 Å². The fourth-order valence-corrected chi connectivity index (χ4v) is 2.82. The van der Waals surface area contributed by atoms with Crippen LogP contribution in [0.5, 0.6) is 0 Å². The Morgan fingerprint density at radius 3 is 2.56 bits per heavy atom. The second-order valence-corrected chi connectivity index (χ2v) is 6.15. The van der Waals surface area contributed by atoms with E-state index < -0.39 is 6.09 Å². The van der Waals surface area contributed by atoms with Gasteiger partial charge < -0.3 is 19.5 Å². The van der Waals surface area contributed by atoms with Gasteiger partial charge in [0, 0.05) is 24.0 Å². The maximum Gasteiger partial charge on any atom is 0.407 e. The first kappa shape index (κ1) is 21.2. The van der Waals surface area contributed by atoms with Crippen LogP contribution in [0.3, 0.4) is 0 Å². The van der Waals surface area contributed by atoms with E-state index in [2.05, 4.69) is 25.7 Å². The molecule has 0 bridgehead atoms. The molecular formula is C19H31NO5. The lowest BCUT2D eigenvalue weighted by atomic mass is 9.83. The minimum Gasteiger partial charge on any atom is -0.463 e. The Bertz CT molecular complexity index is 484. The highest BCUT2D eigenvalue weighted by atomic mass is 16.5. The number of hydrogen-bond acceptors (Lipinski definition) is 5. The van der Waals surface area contributed by atoms with Crippen molar-refractivity contribution < 1.29 is 23.8 Å². The molecule has 0 spiro atoms. The molecule has 0 aromatic carbocycles. The molecule has 1 N–H and O–H groups in total. The molecule has 0 saturated carbocycles. The second kappa shape index (κ2) is 10.9. The van der Waals surface area contributed by atoms with Crippen molar-refractivity contribution in [3.05, 3.63) is 24.3 Å². The van der Waals surface area contributed by atoms with Crippen molar-refractivity contribution in [3.63, 3.8) is 0 Å². The topological polar surface area (TPSA) is 73.9 Å².